The summed E-state index contributed by atoms with van der Waals surface area (Å²) in [6.45, 7) is 7.08. The molecule has 0 saturated carbocycles. The minimum Gasteiger partial charge on any atom is -0.379 e. The number of hydrogen-bond donors (Lipinski definition) is 1. The molecule has 1 amide bonds. The van der Waals surface area contributed by atoms with Crippen molar-refractivity contribution in [3.63, 3.8) is 0 Å². The highest BCUT2D eigenvalue weighted by atomic mass is 19.4. The van der Waals surface area contributed by atoms with E-state index in [-0.39, 0.29) is 17.2 Å². The van der Waals surface area contributed by atoms with Gasteiger partial charge in [0.15, 0.2) is 0 Å². The van der Waals surface area contributed by atoms with Crippen molar-refractivity contribution in [2.24, 2.45) is 0 Å². The van der Waals surface area contributed by atoms with Gasteiger partial charge in [-0.05, 0) is 61.4 Å². The fourth-order valence-corrected chi connectivity index (χ4v) is 4.27. The summed E-state index contributed by atoms with van der Waals surface area (Å²) in [6.07, 6.45) is -3.15. The van der Waals surface area contributed by atoms with E-state index in [0.717, 1.165) is 36.9 Å². The molecule has 1 atom stereocenters. The summed E-state index contributed by atoms with van der Waals surface area (Å²) < 4.78 is 61.5. The third kappa shape index (κ3) is 6.09. The standard InChI is InChI=1S/C27H27F4N3O2/c1-17-6-7-24(32-15-17)19-12-20(25-22(27(29,30)31)4-3-5-23(25)28)14-21(13-19)26(35)33-18(2)16-34-8-10-36-11-9-34/h3-7,12-15,18H,8-11,16H2,1-2H3,(H,33,35)/t18-/m1/s1. The van der Waals surface area contributed by atoms with Gasteiger partial charge in [0.25, 0.3) is 5.91 Å². The zero-order chi connectivity index (χ0) is 25.9. The molecule has 5 nitrogen and oxygen atoms in total. The van der Waals surface area contributed by atoms with Crippen LogP contribution in [0.25, 0.3) is 22.4 Å². The van der Waals surface area contributed by atoms with Crippen molar-refractivity contribution in [2.45, 2.75) is 26.1 Å². The average molecular weight is 502 g/mol. The summed E-state index contributed by atoms with van der Waals surface area (Å²) >= 11 is 0. The Morgan fingerprint density at radius 3 is 2.50 bits per heavy atom. The highest BCUT2D eigenvalue weighted by Crippen LogP contribution is 2.40. The summed E-state index contributed by atoms with van der Waals surface area (Å²) in [5, 5.41) is 2.91. The molecule has 2 heterocycles. The number of rotatable bonds is 6. The van der Waals surface area contributed by atoms with Crippen molar-refractivity contribution in [1.82, 2.24) is 15.2 Å². The molecule has 0 unspecified atom stereocenters. The van der Waals surface area contributed by atoms with Crippen LogP contribution >= 0.6 is 0 Å². The van der Waals surface area contributed by atoms with Crippen LogP contribution in [-0.4, -0.2) is 54.7 Å². The molecular weight excluding hydrogens is 474 g/mol. The Balaban J connectivity index is 1.73. The zero-order valence-electron chi connectivity index (χ0n) is 20.0. The Bertz CT molecular complexity index is 1220. The molecule has 0 aliphatic carbocycles. The van der Waals surface area contributed by atoms with Crippen LogP contribution < -0.4 is 5.32 Å². The van der Waals surface area contributed by atoms with E-state index in [4.69, 9.17) is 4.74 Å². The smallest absolute Gasteiger partial charge is 0.379 e. The molecule has 0 radical (unpaired) electrons. The number of halogens is 4. The summed E-state index contributed by atoms with van der Waals surface area (Å²) in [6, 6.07) is 10.4. The number of pyridine rings is 1. The normalized spacial score (nSPS) is 15.5. The number of aromatic nitrogens is 1. The molecule has 0 spiro atoms. The van der Waals surface area contributed by atoms with Crippen molar-refractivity contribution < 1.29 is 27.1 Å². The van der Waals surface area contributed by atoms with Crippen LogP contribution in [0.1, 0.15) is 28.4 Å². The van der Waals surface area contributed by atoms with Gasteiger partial charge < -0.3 is 10.1 Å². The van der Waals surface area contributed by atoms with Gasteiger partial charge in [0, 0.05) is 48.6 Å². The van der Waals surface area contributed by atoms with E-state index in [1.54, 1.807) is 18.3 Å². The van der Waals surface area contributed by atoms with Gasteiger partial charge in [0.05, 0.1) is 24.5 Å². The SMILES string of the molecule is Cc1ccc(-c2cc(C(=O)N[C@H](C)CN3CCOCC3)cc(-c3c(F)cccc3C(F)(F)F)c2)nc1. The molecule has 190 valence electrons. The van der Waals surface area contributed by atoms with Gasteiger partial charge in [0.1, 0.15) is 5.82 Å². The van der Waals surface area contributed by atoms with Crippen LogP contribution in [0, 0.1) is 12.7 Å². The molecule has 0 bridgehead atoms. The monoisotopic (exact) mass is 501 g/mol. The van der Waals surface area contributed by atoms with Gasteiger partial charge in [-0.3, -0.25) is 14.7 Å². The molecule has 4 rings (SSSR count). The Kier molecular flexibility index (Phi) is 7.70. The van der Waals surface area contributed by atoms with Crippen molar-refractivity contribution in [3.8, 4) is 22.4 Å². The van der Waals surface area contributed by atoms with E-state index >= 15 is 0 Å². The summed E-state index contributed by atoms with van der Waals surface area (Å²) in [5.74, 6) is -1.48. The fourth-order valence-electron chi connectivity index (χ4n) is 4.27. The number of morpholine rings is 1. The van der Waals surface area contributed by atoms with Gasteiger partial charge >= 0.3 is 6.18 Å². The van der Waals surface area contributed by atoms with E-state index in [1.165, 1.54) is 12.1 Å². The number of ether oxygens (including phenoxy) is 1. The van der Waals surface area contributed by atoms with Crippen LogP contribution in [0.15, 0.2) is 54.7 Å². The molecule has 1 aliphatic heterocycles. The fraction of sp³-hybridized carbons (Fsp3) is 0.333. The molecule has 9 heteroatoms. The molecular formula is C27H27F4N3O2. The van der Waals surface area contributed by atoms with Gasteiger partial charge in [0.2, 0.25) is 0 Å². The van der Waals surface area contributed by atoms with E-state index in [1.807, 2.05) is 19.9 Å². The maximum absolute atomic E-state index is 14.8. The lowest BCUT2D eigenvalue weighted by molar-refractivity contribution is -0.137. The van der Waals surface area contributed by atoms with Crippen LogP contribution in [0.3, 0.4) is 0 Å². The van der Waals surface area contributed by atoms with Gasteiger partial charge in [-0.15, -0.1) is 0 Å². The number of amides is 1. The van der Waals surface area contributed by atoms with E-state index in [0.29, 0.717) is 31.0 Å². The minimum atomic E-state index is -4.77. The summed E-state index contributed by atoms with van der Waals surface area (Å²) in [7, 11) is 0. The summed E-state index contributed by atoms with van der Waals surface area (Å²) in [4.78, 5) is 19.7. The first-order valence-corrected chi connectivity index (χ1v) is 11.7. The van der Waals surface area contributed by atoms with Gasteiger partial charge in [-0.1, -0.05) is 12.1 Å². The Morgan fingerprint density at radius 1 is 1.11 bits per heavy atom. The molecule has 1 saturated heterocycles. The lowest BCUT2D eigenvalue weighted by atomic mass is 9.93. The maximum atomic E-state index is 14.8. The van der Waals surface area contributed by atoms with Crippen LogP contribution in [0.4, 0.5) is 17.6 Å². The number of hydrogen-bond acceptors (Lipinski definition) is 4. The molecule has 1 aliphatic rings. The Hall–Kier alpha value is -3.30. The largest absolute Gasteiger partial charge is 0.417 e. The molecule has 3 aromatic rings. The Morgan fingerprint density at radius 2 is 1.83 bits per heavy atom. The number of alkyl halides is 3. The first-order valence-electron chi connectivity index (χ1n) is 11.7. The van der Waals surface area contributed by atoms with Gasteiger partial charge in [-0.25, -0.2) is 4.39 Å². The molecule has 2 aromatic carbocycles. The third-order valence-corrected chi connectivity index (χ3v) is 6.02. The predicted molar refractivity (Wildman–Crippen MR) is 129 cm³/mol. The Labute approximate surface area is 207 Å². The molecule has 1 fully saturated rings. The van der Waals surface area contributed by atoms with Crippen LogP contribution in [0.2, 0.25) is 0 Å². The average Bonchev–Trinajstić information content (AvgIpc) is 2.84. The topological polar surface area (TPSA) is 54.5 Å². The first kappa shape index (κ1) is 25.8. The van der Waals surface area contributed by atoms with Crippen molar-refractivity contribution >= 4 is 5.91 Å². The lowest BCUT2D eigenvalue weighted by Crippen LogP contribution is -2.46. The third-order valence-electron chi connectivity index (χ3n) is 6.02. The number of carbonyl (C=O) groups excluding carboxylic acids is 1. The zero-order valence-corrected chi connectivity index (χ0v) is 20.0. The van der Waals surface area contributed by atoms with Crippen LogP contribution in [-0.2, 0) is 10.9 Å². The number of benzene rings is 2. The highest BCUT2D eigenvalue weighted by molar-refractivity contribution is 5.97. The highest BCUT2D eigenvalue weighted by Gasteiger charge is 2.35. The number of aryl methyl sites for hydroxylation is 1. The summed E-state index contributed by atoms with van der Waals surface area (Å²) in [5.41, 5.74) is 0.134. The second-order valence-corrected chi connectivity index (χ2v) is 8.97. The van der Waals surface area contributed by atoms with Crippen molar-refractivity contribution in [2.75, 3.05) is 32.8 Å². The number of nitrogens with zero attached hydrogens (tertiary/aromatic N) is 2. The maximum Gasteiger partial charge on any atom is 0.417 e. The predicted octanol–water partition coefficient (Wildman–Crippen LogP) is 5.33. The van der Waals surface area contributed by atoms with E-state index in [2.05, 4.69) is 15.2 Å². The van der Waals surface area contributed by atoms with Gasteiger partial charge in [-0.2, -0.15) is 13.2 Å². The lowest BCUT2D eigenvalue weighted by Gasteiger charge is -2.29. The first-order chi connectivity index (χ1) is 17.1. The van der Waals surface area contributed by atoms with E-state index < -0.39 is 29.0 Å². The van der Waals surface area contributed by atoms with E-state index in [9.17, 15) is 22.4 Å². The second-order valence-electron chi connectivity index (χ2n) is 8.97. The van der Waals surface area contributed by atoms with Crippen molar-refractivity contribution in [1.29, 1.82) is 0 Å². The molecule has 1 aromatic heterocycles. The molecule has 36 heavy (non-hydrogen) atoms. The second kappa shape index (κ2) is 10.8. The quantitative estimate of drug-likeness (QED) is 0.464. The molecule has 1 N–H and O–H groups in total. The number of carbonyl (C=O) groups is 1. The van der Waals surface area contributed by atoms with Crippen molar-refractivity contribution in [3.05, 3.63) is 77.2 Å². The number of nitrogens with one attached hydrogen (secondary N) is 1. The van der Waals surface area contributed by atoms with Crippen LogP contribution in [0.5, 0.6) is 0 Å². The minimum absolute atomic E-state index is 0.0497.